The summed E-state index contributed by atoms with van der Waals surface area (Å²) in [4.78, 5) is 12.9. The normalized spacial score (nSPS) is 12.1. The molecule has 0 aliphatic rings. The van der Waals surface area contributed by atoms with Gasteiger partial charge in [-0.05, 0) is 92.6 Å². The number of Topliss-reactive ketones (excluding diaryl/α,β-unsaturated/α-hetero) is 1. The van der Waals surface area contributed by atoms with Crippen LogP contribution < -0.4 is 11.5 Å². The number of hydrogen-bond donors (Lipinski definition) is 2. The molecule has 4 N–H and O–H groups in total. The number of hydrogen-bond acceptors (Lipinski definition) is 13. The van der Waals surface area contributed by atoms with Gasteiger partial charge in [0.05, 0.1) is 31.1 Å². The van der Waals surface area contributed by atoms with Gasteiger partial charge in [0.2, 0.25) is 19.7 Å². The van der Waals surface area contributed by atoms with E-state index in [1.165, 1.54) is 72.9 Å². The Bertz CT molecular complexity index is 2120. The minimum Gasteiger partial charge on any atom is -0.329 e. The average Bonchev–Trinajstić information content (AvgIpc) is 3.72. The van der Waals surface area contributed by atoms with Crippen molar-refractivity contribution in [3.8, 4) is 0 Å². The highest BCUT2D eigenvalue weighted by atomic mass is 35.5. The molecule has 0 saturated carbocycles. The molecule has 0 unspecified atom stereocenters. The average molecular weight is 797 g/mol. The summed E-state index contributed by atoms with van der Waals surface area (Å²) in [7, 11) is -14.3. The van der Waals surface area contributed by atoms with Crippen LogP contribution in [0.3, 0.4) is 0 Å². The predicted molar refractivity (Wildman–Crippen MR) is 190 cm³/mol. The molecule has 2 aromatic heterocycles. The fourth-order valence-corrected chi connectivity index (χ4v) is 11.8. The van der Waals surface area contributed by atoms with Crippen LogP contribution in [0.5, 0.6) is 0 Å². The van der Waals surface area contributed by atoms with E-state index < -0.39 is 39.3 Å². The summed E-state index contributed by atoms with van der Waals surface area (Å²) in [6.07, 6.45) is 1.22. The van der Waals surface area contributed by atoms with Gasteiger partial charge in [-0.25, -0.2) is 33.7 Å². The van der Waals surface area contributed by atoms with Gasteiger partial charge in [0.15, 0.2) is 19.7 Å². The highest BCUT2D eigenvalue weighted by Gasteiger charge is 2.23. The van der Waals surface area contributed by atoms with Crippen molar-refractivity contribution in [2.24, 2.45) is 11.5 Å². The monoisotopic (exact) mass is 796 g/mol. The molecule has 0 saturated heterocycles. The first-order valence-electron chi connectivity index (χ1n) is 14.2. The topological polar surface area (TPSA) is 206 Å². The van der Waals surface area contributed by atoms with Gasteiger partial charge in [-0.2, -0.15) is 0 Å². The number of rotatable bonds is 14. The van der Waals surface area contributed by atoms with Gasteiger partial charge < -0.3 is 16.3 Å². The Morgan fingerprint density at radius 3 is 1.35 bits per heavy atom. The fraction of sp³-hybridized carbons (Fsp3) is 0.300. The van der Waals surface area contributed by atoms with E-state index in [4.69, 9.17) is 11.5 Å². The molecule has 4 aromatic rings. The zero-order chi connectivity index (χ0) is 35.0. The van der Waals surface area contributed by atoms with Gasteiger partial charge >= 0.3 is 0 Å². The van der Waals surface area contributed by atoms with Gasteiger partial charge in [-0.3, -0.25) is 0 Å². The van der Waals surface area contributed by atoms with Crippen molar-refractivity contribution < 1.29 is 38.5 Å². The Morgan fingerprint density at radius 2 is 1.00 bits per heavy atom. The lowest BCUT2D eigenvalue weighted by molar-refractivity contribution is -0.117. The third kappa shape index (κ3) is 10.5. The molecule has 2 aromatic carbocycles. The van der Waals surface area contributed by atoms with Gasteiger partial charge in [0.25, 0.3) is 0 Å². The van der Waals surface area contributed by atoms with Gasteiger partial charge in [0.1, 0.15) is 14.2 Å². The van der Waals surface area contributed by atoms with Crippen LogP contribution in [0.1, 0.15) is 36.4 Å². The maximum Gasteiger partial charge on any atom is 0.215 e. The van der Waals surface area contributed by atoms with Crippen LogP contribution in [0.4, 0.5) is 0 Å². The number of benzene rings is 2. The largest absolute Gasteiger partial charge is 0.329 e. The molecule has 4 rings (SSSR count). The molecule has 0 fully saturated rings. The van der Waals surface area contributed by atoms with Crippen molar-refractivity contribution in [3.63, 3.8) is 0 Å². The van der Waals surface area contributed by atoms with Crippen molar-refractivity contribution in [1.82, 2.24) is 0 Å². The standard InChI is InChI=1S/C16H19NO5S3.C14H17NO4S3.ClH/c1-12(18)3-2-10-24(19,20)14-5-7-15(8-6-14)25(21,22)16-9-4-13(11-17)23-16;1-2-11-3-8-14(20-11)22(18,19)13-6-4-12(5-7-13)21(16,17)10-9-15;/h4-9H,2-3,10-11,17H2,1H3;3-8H,2,9-10,15H2,1H3;1H. The van der Waals surface area contributed by atoms with E-state index in [0.717, 1.165) is 27.5 Å². The Kier molecular flexibility index (Phi) is 15.2. The van der Waals surface area contributed by atoms with Crippen LogP contribution in [-0.4, -0.2) is 57.5 Å². The number of ketones is 1. The van der Waals surface area contributed by atoms with E-state index in [1.54, 1.807) is 18.2 Å². The van der Waals surface area contributed by atoms with Crippen molar-refractivity contribution in [2.75, 3.05) is 18.1 Å². The number of sulfone groups is 4. The first kappa shape index (κ1) is 41.7. The number of aryl methyl sites for hydroxylation is 1. The molecular weight excluding hydrogens is 760 g/mol. The molecule has 0 radical (unpaired) electrons. The molecule has 0 spiro atoms. The SMILES string of the molecule is CC(=O)CCCS(=O)(=O)c1ccc(S(=O)(=O)c2ccc(CN)s2)cc1.CCc1ccc(S(=O)(=O)c2ccc(S(=O)(=O)CCN)cc2)s1.Cl. The molecule has 0 atom stereocenters. The summed E-state index contributed by atoms with van der Waals surface area (Å²) in [5.74, 6) is -0.377. The molecule has 0 aliphatic heterocycles. The van der Waals surface area contributed by atoms with Crippen LogP contribution in [-0.2, 0) is 57.1 Å². The molecule has 0 bridgehead atoms. The predicted octanol–water partition coefficient (Wildman–Crippen LogP) is 4.48. The molecular formula is C30H37ClN2O9S6. The van der Waals surface area contributed by atoms with Crippen LogP contribution in [0.15, 0.2) is 101 Å². The van der Waals surface area contributed by atoms with Crippen LogP contribution in [0, 0.1) is 0 Å². The van der Waals surface area contributed by atoms with Crippen LogP contribution in [0.2, 0.25) is 0 Å². The lowest BCUT2D eigenvalue weighted by atomic mass is 10.3. The fourth-order valence-electron chi connectivity index (χ4n) is 4.09. The lowest BCUT2D eigenvalue weighted by Gasteiger charge is -2.06. The first-order chi connectivity index (χ1) is 22.0. The quantitative estimate of drug-likeness (QED) is 0.182. The molecule has 0 aliphatic carbocycles. The Hall–Kier alpha value is -2.48. The second-order valence-electron chi connectivity index (χ2n) is 10.2. The second-order valence-corrected chi connectivity index (χ2v) is 21.1. The van der Waals surface area contributed by atoms with Gasteiger partial charge in [0, 0.05) is 29.3 Å². The van der Waals surface area contributed by atoms with E-state index in [0.29, 0.717) is 0 Å². The lowest BCUT2D eigenvalue weighted by Crippen LogP contribution is -2.15. The minimum atomic E-state index is -3.70. The van der Waals surface area contributed by atoms with Gasteiger partial charge in [-0.1, -0.05) is 6.92 Å². The minimum absolute atomic E-state index is 0. The summed E-state index contributed by atoms with van der Waals surface area (Å²) >= 11 is 2.32. The van der Waals surface area contributed by atoms with E-state index in [1.807, 2.05) is 6.92 Å². The van der Waals surface area contributed by atoms with Crippen molar-refractivity contribution in [3.05, 3.63) is 82.6 Å². The summed E-state index contributed by atoms with van der Waals surface area (Å²) in [6.45, 7) is 3.65. The van der Waals surface area contributed by atoms with E-state index >= 15 is 0 Å². The third-order valence-electron chi connectivity index (χ3n) is 6.67. The highest BCUT2D eigenvalue weighted by molar-refractivity contribution is 7.94. The maximum absolute atomic E-state index is 12.6. The molecule has 264 valence electrons. The summed E-state index contributed by atoms with van der Waals surface area (Å²) in [5, 5.41) is 0. The summed E-state index contributed by atoms with van der Waals surface area (Å²) < 4.78 is 98.7. The Morgan fingerprint density at radius 1 is 0.604 bits per heavy atom. The number of nitrogens with two attached hydrogens (primary N) is 2. The number of carbonyl (C=O) groups excluding carboxylic acids is 1. The third-order valence-corrected chi connectivity index (χ3v) is 17.1. The van der Waals surface area contributed by atoms with Crippen molar-refractivity contribution >= 4 is 80.2 Å². The zero-order valence-corrected chi connectivity index (χ0v) is 31.8. The van der Waals surface area contributed by atoms with E-state index in [9.17, 15) is 38.5 Å². The number of halogens is 1. The molecule has 48 heavy (non-hydrogen) atoms. The Balaban J connectivity index is 0.000000329. The first-order valence-corrected chi connectivity index (χ1v) is 22.1. The number of carbonyl (C=O) groups is 1. The Labute approximate surface area is 296 Å². The molecule has 18 heteroatoms. The van der Waals surface area contributed by atoms with Crippen molar-refractivity contribution in [2.45, 2.75) is 67.7 Å². The smallest absolute Gasteiger partial charge is 0.215 e. The zero-order valence-electron chi connectivity index (χ0n) is 26.1. The maximum atomic E-state index is 12.6. The van der Waals surface area contributed by atoms with Crippen LogP contribution in [0.25, 0.3) is 0 Å². The highest BCUT2D eigenvalue weighted by Crippen LogP contribution is 2.30. The number of thiophene rings is 2. The molecule has 11 nitrogen and oxygen atoms in total. The van der Waals surface area contributed by atoms with Gasteiger partial charge in [-0.15, -0.1) is 35.1 Å². The molecule has 0 amide bonds. The molecule has 2 heterocycles. The van der Waals surface area contributed by atoms with E-state index in [2.05, 4.69) is 0 Å². The summed E-state index contributed by atoms with van der Waals surface area (Å²) in [6, 6.07) is 16.9. The second kappa shape index (κ2) is 17.4. The van der Waals surface area contributed by atoms with E-state index in [-0.39, 0.29) is 83.6 Å². The summed E-state index contributed by atoms with van der Waals surface area (Å²) in [5.41, 5.74) is 10.8. The van der Waals surface area contributed by atoms with Crippen molar-refractivity contribution in [1.29, 1.82) is 0 Å². The van der Waals surface area contributed by atoms with Crippen LogP contribution >= 0.6 is 35.1 Å².